The monoisotopic (exact) mass is 243 g/mol. The third-order valence-corrected chi connectivity index (χ3v) is 2.53. The van der Waals surface area contributed by atoms with E-state index in [0.29, 0.717) is 18.2 Å². The summed E-state index contributed by atoms with van der Waals surface area (Å²) in [6.07, 6.45) is 0. The molecule has 0 spiro atoms. The molecule has 0 aliphatic carbocycles. The summed E-state index contributed by atoms with van der Waals surface area (Å²) in [7, 11) is 1.96. The summed E-state index contributed by atoms with van der Waals surface area (Å²) in [5.74, 6) is 0.720. The van der Waals surface area contributed by atoms with E-state index in [9.17, 15) is 0 Å². The van der Waals surface area contributed by atoms with Crippen molar-refractivity contribution in [1.29, 1.82) is 0 Å². The predicted octanol–water partition coefficient (Wildman–Crippen LogP) is 2.16. The number of aliphatic hydroxyl groups is 1. The van der Waals surface area contributed by atoms with Crippen LogP contribution in [-0.2, 0) is 6.54 Å². The number of hydrogen-bond acceptors (Lipinski definition) is 3. The smallest absolute Gasteiger partial charge is 0.137 e. The van der Waals surface area contributed by atoms with Crippen LogP contribution >= 0.6 is 11.6 Å². The predicted molar refractivity (Wildman–Crippen MR) is 66.0 cm³/mol. The Morgan fingerprint density at radius 2 is 2.19 bits per heavy atom. The van der Waals surface area contributed by atoms with E-state index in [-0.39, 0.29) is 6.61 Å². The van der Waals surface area contributed by atoms with Crippen LogP contribution in [0.2, 0.25) is 5.02 Å². The molecule has 0 unspecified atom stereocenters. The van der Waals surface area contributed by atoms with Crippen LogP contribution in [0.5, 0.6) is 5.75 Å². The topological polar surface area (TPSA) is 32.7 Å². The molecule has 0 aromatic heterocycles. The molecule has 0 aliphatic heterocycles. The Hall–Kier alpha value is -0.770. The molecule has 0 amide bonds. The van der Waals surface area contributed by atoms with Crippen molar-refractivity contribution in [3.63, 3.8) is 0 Å². The van der Waals surface area contributed by atoms with Crippen LogP contribution in [0.1, 0.15) is 12.5 Å². The zero-order chi connectivity index (χ0) is 12.0. The van der Waals surface area contributed by atoms with Crippen LogP contribution in [0.25, 0.3) is 0 Å². The normalized spacial score (nSPS) is 10.8. The number of benzene rings is 1. The summed E-state index contributed by atoms with van der Waals surface area (Å²) in [6, 6.07) is 5.78. The first kappa shape index (κ1) is 13.3. The third-order valence-electron chi connectivity index (χ3n) is 2.23. The Kier molecular flexibility index (Phi) is 5.60. The lowest BCUT2D eigenvalue weighted by Crippen LogP contribution is -2.21. The van der Waals surface area contributed by atoms with Gasteiger partial charge in [-0.05, 0) is 31.7 Å². The maximum Gasteiger partial charge on any atom is 0.137 e. The molecule has 0 radical (unpaired) electrons. The third kappa shape index (κ3) is 4.00. The van der Waals surface area contributed by atoms with Crippen molar-refractivity contribution < 1.29 is 9.84 Å². The Labute approximate surface area is 102 Å². The summed E-state index contributed by atoms with van der Waals surface area (Å²) in [4.78, 5) is 2.03. The first-order valence-corrected chi connectivity index (χ1v) is 5.75. The van der Waals surface area contributed by atoms with Crippen molar-refractivity contribution >= 4 is 11.6 Å². The second-order valence-electron chi connectivity index (χ2n) is 3.66. The van der Waals surface area contributed by atoms with Gasteiger partial charge in [0.15, 0.2) is 0 Å². The fourth-order valence-electron chi connectivity index (χ4n) is 1.48. The second-order valence-corrected chi connectivity index (χ2v) is 4.07. The van der Waals surface area contributed by atoms with Gasteiger partial charge in [-0.3, -0.25) is 4.90 Å². The molecular formula is C12H18ClNO2. The fraction of sp³-hybridized carbons (Fsp3) is 0.500. The van der Waals surface area contributed by atoms with Gasteiger partial charge >= 0.3 is 0 Å². The lowest BCUT2D eigenvalue weighted by Gasteiger charge is -2.15. The van der Waals surface area contributed by atoms with Gasteiger partial charge in [0.2, 0.25) is 0 Å². The molecule has 16 heavy (non-hydrogen) atoms. The average Bonchev–Trinajstić information content (AvgIpc) is 2.22. The Morgan fingerprint density at radius 3 is 2.75 bits per heavy atom. The number of aliphatic hydroxyl groups excluding tert-OH is 1. The van der Waals surface area contributed by atoms with E-state index < -0.39 is 0 Å². The molecule has 0 atom stereocenters. The number of ether oxygens (including phenoxy) is 1. The molecule has 4 heteroatoms. The minimum atomic E-state index is 0.168. The minimum absolute atomic E-state index is 0.168. The average molecular weight is 244 g/mol. The largest absolute Gasteiger partial charge is 0.492 e. The van der Waals surface area contributed by atoms with Crippen molar-refractivity contribution in [2.45, 2.75) is 13.5 Å². The molecule has 0 bridgehead atoms. The zero-order valence-corrected chi connectivity index (χ0v) is 10.5. The standard InChI is InChI=1S/C12H18ClNO2/c1-3-16-12-5-4-10(8-11(12)13)9-14(2)6-7-15/h4-5,8,15H,3,6-7,9H2,1-2H3. The molecule has 1 rings (SSSR count). The van der Waals surface area contributed by atoms with E-state index in [4.69, 9.17) is 21.4 Å². The van der Waals surface area contributed by atoms with E-state index in [1.165, 1.54) is 0 Å². The van der Waals surface area contributed by atoms with Crippen LogP contribution in [0, 0.1) is 0 Å². The quantitative estimate of drug-likeness (QED) is 0.831. The minimum Gasteiger partial charge on any atom is -0.492 e. The first-order valence-electron chi connectivity index (χ1n) is 5.38. The van der Waals surface area contributed by atoms with Crippen molar-refractivity contribution in [3.8, 4) is 5.75 Å². The Balaban J connectivity index is 2.65. The summed E-state index contributed by atoms with van der Waals surface area (Å²) >= 11 is 6.08. The molecule has 90 valence electrons. The van der Waals surface area contributed by atoms with Crippen molar-refractivity contribution in [2.24, 2.45) is 0 Å². The molecule has 0 saturated carbocycles. The molecule has 1 N–H and O–H groups in total. The highest BCUT2D eigenvalue weighted by Crippen LogP contribution is 2.25. The number of hydrogen-bond donors (Lipinski definition) is 1. The summed E-state index contributed by atoms with van der Waals surface area (Å²) < 4.78 is 5.36. The van der Waals surface area contributed by atoms with E-state index >= 15 is 0 Å². The molecule has 3 nitrogen and oxygen atoms in total. The molecular weight excluding hydrogens is 226 g/mol. The molecule has 1 aromatic rings. The highest BCUT2D eigenvalue weighted by molar-refractivity contribution is 6.32. The van der Waals surface area contributed by atoms with Crippen molar-refractivity contribution in [2.75, 3.05) is 26.8 Å². The van der Waals surface area contributed by atoms with Gasteiger partial charge in [0.1, 0.15) is 5.75 Å². The highest BCUT2D eigenvalue weighted by atomic mass is 35.5. The van der Waals surface area contributed by atoms with Crippen LogP contribution in [0.3, 0.4) is 0 Å². The van der Waals surface area contributed by atoms with E-state index in [0.717, 1.165) is 17.9 Å². The number of rotatable bonds is 6. The fourth-order valence-corrected chi connectivity index (χ4v) is 1.73. The van der Waals surface area contributed by atoms with E-state index in [1.54, 1.807) is 0 Å². The van der Waals surface area contributed by atoms with E-state index in [2.05, 4.69) is 0 Å². The van der Waals surface area contributed by atoms with Gasteiger partial charge in [-0.2, -0.15) is 0 Å². The van der Waals surface area contributed by atoms with Gasteiger partial charge in [0, 0.05) is 13.1 Å². The van der Waals surface area contributed by atoms with Crippen LogP contribution in [-0.4, -0.2) is 36.8 Å². The maximum atomic E-state index is 8.80. The van der Waals surface area contributed by atoms with Crippen molar-refractivity contribution in [1.82, 2.24) is 4.90 Å². The van der Waals surface area contributed by atoms with Gasteiger partial charge in [-0.25, -0.2) is 0 Å². The summed E-state index contributed by atoms with van der Waals surface area (Å²) in [6.45, 7) is 4.14. The van der Waals surface area contributed by atoms with Gasteiger partial charge in [0.05, 0.1) is 18.2 Å². The molecule has 0 heterocycles. The van der Waals surface area contributed by atoms with Crippen LogP contribution in [0.15, 0.2) is 18.2 Å². The summed E-state index contributed by atoms with van der Waals surface area (Å²) in [5, 5.41) is 9.43. The number of likely N-dealkylation sites (N-methyl/N-ethyl adjacent to an activating group) is 1. The number of halogens is 1. The maximum absolute atomic E-state index is 8.80. The lowest BCUT2D eigenvalue weighted by atomic mass is 10.2. The van der Waals surface area contributed by atoms with Gasteiger partial charge in [-0.15, -0.1) is 0 Å². The van der Waals surface area contributed by atoms with Gasteiger partial charge < -0.3 is 9.84 Å². The summed E-state index contributed by atoms with van der Waals surface area (Å²) in [5.41, 5.74) is 1.12. The second kappa shape index (κ2) is 6.74. The first-order chi connectivity index (χ1) is 7.67. The Bertz CT molecular complexity index is 331. The van der Waals surface area contributed by atoms with Crippen LogP contribution in [0.4, 0.5) is 0 Å². The zero-order valence-electron chi connectivity index (χ0n) is 9.74. The lowest BCUT2D eigenvalue weighted by molar-refractivity contribution is 0.217. The molecule has 0 fully saturated rings. The van der Waals surface area contributed by atoms with Crippen LogP contribution < -0.4 is 4.74 Å². The SMILES string of the molecule is CCOc1ccc(CN(C)CCO)cc1Cl. The number of nitrogens with zero attached hydrogens (tertiary/aromatic N) is 1. The van der Waals surface area contributed by atoms with Gasteiger partial charge in [-0.1, -0.05) is 17.7 Å². The highest BCUT2D eigenvalue weighted by Gasteiger charge is 2.04. The van der Waals surface area contributed by atoms with E-state index in [1.807, 2.05) is 37.1 Å². The van der Waals surface area contributed by atoms with Crippen molar-refractivity contribution in [3.05, 3.63) is 28.8 Å². The molecule has 0 saturated heterocycles. The van der Waals surface area contributed by atoms with Gasteiger partial charge in [0.25, 0.3) is 0 Å². The molecule has 1 aromatic carbocycles. The Morgan fingerprint density at radius 1 is 1.44 bits per heavy atom. The molecule has 0 aliphatic rings.